The molecule has 0 aliphatic rings. The first-order valence-corrected chi connectivity index (χ1v) is 6.44. The summed E-state index contributed by atoms with van der Waals surface area (Å²) in [7, 11) is 0. The standard InChI is InChI=1S/C12H11BrClN3O/c1-6-11(7(2)17-16-6)15-12(18)9-4-3-8(13)5-10(9)14/h3-5H,1-2H3,(H,15,18)(H,16,17). The first-order chi connectivity index (χ1) is 8.49. The number of rotatable bonds is 2. The van der Waals surface area contributed by atoms with Gasteiger partial charge in [-0.3, -0.25) is 9.89 Å². The van der Waals surface area contributed by atoms with E-state index < -0.39 is 0 Å². The number of benzene rings is 1. The number of carbonyl (C=O) groups is 1. The lowest BCUT2D eigenvalue weighted by molar-refractivity contribution is 0.102. The summed E-state index contributed by atoms with van der Waals surface area (Å²) in [4.78, 5) is 12.1. The van der Waals surface area contributed by atoms with Gasteiger partial charge in [0.2, 0.25) is 0 Å². The van der Waals surface area contributed by atoms with E-state index in [0.29, 0.717) is 16.3 Å². The maximum atomic E-state index is 12.1. The summed E-state index contributed by atoms with van der Waals surface area (Å²) < 4.78 is 0.833. The highest BCUT2D eigenvalue weighted by Gasteiger charge is 2.14. The lowest BCUT2D eigenvalue weighted by atomic mass is 10.2. The van der Waals surface area contributed by atoms with Gasteiger partial charge in [0.25, 0.3) is 5.91 Å². The van der Waals surface area contributed by atoms with Crippen LogP contribution >= 0.6 is 27.5 Å². The molecular formula is C12H11BrClN3O. The van der Waals surface area contributed by atoms with Crippen LogP contribution in [0, 0.1) is 13.8 Å². The van der Waals surface area contributed by atoms with Crippen LogP contribution in [0.1, 0.15) is 21.7 Å². The largest absolute Gasteiger partial charge is 0.319 e. The Hall–Kier alpha value is -1.33. The zero-order chi connectivity index (χ0) is 13.3. The molecule has 0 aliphatic heterocycles. The maximum Gasteiger partial charge on any atom is 0.257 e. The van der Waals surface area contributed by atoms with E-state index in [2.05, 4.69) is 31.4 Å². The van der Waals surface area contributed by atoms with Crippen LogP contribution in [0.25, 0.3) is 0 Å². The molecule has 2 rings (SSSR count). The van der Waals surface area contributed by atoms with Crippen molar-refractivity contribution in [2.75, 3.05) is 5.32 Å². The number of amides is 1. The van der Waals surface area contributed by atoms with Crippen molar-refractivity contribution in [2.45, 2.75) is 13.8 Å². The van der Waals surface area contributed by atoms with Crippen LogP contribution < -0.4 is 5.32 Å². The molecule has 2 N–H and O–H groups in total. The summed E-state index contributed by atoms with van der Waals surface area (Å²) in [6, 6.07) is 5.13. The minimum Gasteiger partial charge on any atom is -0.319 e. The summed E-state index contributed by atoms with van der Waals surface area (Å²) >= 11 is 9.33. The fraction of sp³-hybridized carbons (Fsp3) is 0.167. The van der Waals surface area contributed by atoms with Gasteiger partial charge in [-0.2, -0.15) is 5.10 Å². The molecule has 0 spiro atoms. The van der Waals surface area contributed by atoms with Gasteiger partial charge in [0.1, 0.15) is 0 Å². The molecule has 0 saturated carbocycles. The molecule has 1 aromatic carbocycles. The van der Waals surface area contributed by atoms with Crippen LogP contribution in [0.5, 0.6) is 0 Å². The number of anilines is 1. The Bertz CT molecular complexity index is 590. The lowest BCUT2D eigenvalue weighted by Crippen LogP contribution is -2.13. The number of halogens is 2. The fourth-order valence-corrected chi connectivity index (χ4v) is 2.35. The van der Waals surface area contributed by atoms with E-state index >= 15 is 0 Å². The van der Waals surface area contributed by atoms with Gasteiger partial charge in [0.05, 0.1) is 27.7 Å². The fourth-order valence-electron chi connectivity index (χ4n) is 1.59. The number of hydrogen-bond donors (Lipinski definition) is 2. The average Bonchev–Trinajstić information content (AvgIpc) is 2.60. The van der Waals surface area contributed by atoms with Gasteiger partial charge in [-0.25, -0.2) is 0 Å². The third-order valence-corrected chi connectivity index (χ3v) is 3.35. The zero-order valence-corrected chi connectivity index (χ0v) is 12.2. The minimum atomic E-state index is -0.250. The smallest absolute Gasteiger partial charge is 0.257 e. The summed E-state index contributed by atoms with van der Waals surface area (Å²) in [5.41, 5.74) is 2.68. The molecule has 0 atom stereocenters. The molecule has 0 saturated heterocycles. The zero-order valence-electron chi connectivity index (χ0n) is 9.84. The number of nitrogens with zero attached hydrogens (tertiary/aromatic N) is 1. The number of nitrogens with one attached hydrogen (secondary N) is 2. The molecule has 1 aromatic heterocycles. The van der Waals surface area contributed by atoms with E-state index in [1.165, 1.54) is 0 Å². The van der Waals surface area contributed by atoms with Crippen LogP contribution in [0.15, 0.2) is 22.7 Å². The number of H-pyrrole nitrogens is 1. The molecule has 4 nitrogen and oxygen atoms in total. The molecule has 0 unspecified atom stereocenters. The minimum absolute atomic E-state index is 0.250. The summed E-state index contributed by atoms with van der Waals surface area (Å²) in [5.74, 6) is -0.250. The van der Waals surface area contributed by atoms with E-state index in [4.69, 9.17) is 11.6 Å². The molecule has 0 bridgehead atoms. The third kappa shape index (κ3) is 2.57. The monoisotopic (exact) mass is 327 g/mol. The first kappa shape index (κ1) is 13.1. The molecule has 1 heterocycles. The molecule has 0 aliphatic carbocycles. The summed E-state index contributed by atoms with van der Waals surface area (Å²) in [6.07, 6.45) is 0. The van der Waals surface area contributed by atoms with Crippen molar-refractivity contribution in [3.63, 3.8) is 0 Å². The predicted molar refractivity (Wildman–Crippen MR) is 75.2 cm³/mol. The molecule has 2 aromatic rings. The van der Waals surface area contributed by atoms with Crippen LogP contribution in [0.4, 0.5) is 5.69 Å². The molecule has 1 amide bonds. The van der Waals surface area contributed by atoms with Crippen molar-refractivity contribution >= 4 is 39.1 Å². The summed E-state index contributed by atoms with van der Waals surface area (Å²) in [6.45, 7) is 3.67. The highest BCUT2D eigenvalue weighted by atomic mass is 79.9. The first-order valence-electron chi connectivity index (χ1n) is 5.27. The number of hydrogen-bond acceptors (Lipinski definition) is 2. The number of aromatic nitrogens is 2. The second-order valence-corrected chi connectivity index (χ2v) is 5.21. The van der Waals surface area contributed by atoms with E-state index in [1.807, 2.05) is 13.8 Å². The van der Waals surface area contributed by atoms with Crippen molar-refractivity contribution < 1.29 is 4.79 Å². The van der Waals surface area contributed by atoms with Crippen LogP contribution in [0.2, 0.25) is 5.02 Å². The predicted octanol–water partition coefficient (Wildman–Crippen LogP) is 3.69. The topological polar surface area (TPSA) is 57.8 Å². The number of aromatic amines is 1. The highest BCUT2D eigenvalue weighted by Crippen LogP contribution is 2.23. The Labute approximate surface area is 118 Å². The van der Waals surface area contributed by atoms with Crippen molar-refractivity contribution in [1.82, 2.24) is 10.2 Å². The van der Waals surface area contributed by atoms with Gasteiger partial charge >= 0.3 is 0 Å². The third-order valence-electron chi connectivity index (χ3n) is 2.54. The van der Waals surface area contributed by atoms with Crippen LogP contribution in [-0.2, 0) is 0 Å². The SMILES string of the molecule is Cc1n[nH]c(C)c1NC(=O)c1ccc(Br)cc1Cl. The van der Waals surface area contributed by atoms with Gasteiger partial charge in [-0.1, -0.05) is 27.5 Å². The van der Waals surface area contributed by atoms with Gasteiger partial charge in [-0.15, -0.1) is 0 Å². The van der Waals surface area contributed by atoms with Crippen molar-refractivity contribution in [3.05, 3.63) is 44.6 Å². The second-order valence-electron chi connectivity index (χ2n) is 3.89. The Kier molecular flexibility index (Phi) is 3.73. The normalized spacial score (nSPS) is 10.4. The Morgan fingerprint density at radius 2 is 2.17 bits per heavy atom. The lowest BCUT2D eigenvalue weighted by Gasteiger charge is -2.07. The van der Waals surface area contributed by atoms with Gasteiger partial charge in [0, 0.05) is 4.47 Å². The average molecular weight is 329 g/mol. The van der Waals surface area contributed by atoms with Gasteiger partial charge < -0.3 is 5.32 Å². The second kappa shape index (κ2) is 5.12. The Morgan fingerprint density at radius 3 is 2.72 bits per heavy atom. The van der Waals surface area contributed by atoms with Crippen molar-refractivity contribution in [3.8, 4) is 0 Å². The molecule has 6 heteroatoms. The quantitative estimate of drug-likeness (QED) is 0.883. The van der Waals surface area contributed by atoms with Gasteiger partial charge in [0.15, 0.2) is 0 Å². The van der Waals surface area contributed by atoms with E-state index in [9.17, 15) is 4.79 Å². The molecule has 94 valence electrons. The molecule has 18 heavy (non-hydrogen) atoms. The van der Waals surface area contributed by atoms with Gasteiger partial charge in [-0.05, 0) is 32.0 Å². The highest BCUT2D eigenvalue weighted by molar-refractivity contribution is 9.10. The van der Waals surface area contributed by atoms with Crippen LogP contribution in [0.3, 0.4) is 0 Å². The van der Waals surface area contributed by atoms with Crippen molar-refractivity contribution in [2.24, 2.45) is 0 Å². The number of aryl methyl sites for hydroxylation is 2. The van der Waals surface area contributed by atoms with E-state index in [0.717, 1.165) is 15.9 Å². The van der Waals surface area contributed by atoms with Crippen LogP contribution in [-0.4, -0.2) is 16.1 Å². The van der Waals surface area contributed by atoms with Crippen molar-refractivity contribution in [1.29, 1.82) is 0 Å². The summed E-state index contributed by atoms with van der Waals surface area (Å²) in [5, 5.41) is 10.0. The maximum absolute atomic E-state index is 12.1. The Balaban J connectivity index is 2.28. The molecule has 0 radical (unpaired) electrons. The molecule has 0 fully saturated rings. The Morgan fingerprint density at radius 1 is 1.44 bits per heavy atom. The number of carbonyl (C=O) groups excluding carboxylic acids is 1. The van der Waals surface area contributed by atoms with E-state index in [-0.39, 0.29) is 5.91 Å². The van der Waals surface area contributed by atoms with E-state index in [1.54, 1.807) is 18.2 Å². The molecular weight excluding hydrogens is 318 g/mol.